The smallest absolute Gasteiger partial charge is 0.124 e. The fourth-order valence-corrected chi connectivity index (χ4v) is 3.48. The summed E-state index contributed by atoms with van der Waals surface area (Å²) in [5, 5.41) is 4.01. The summed E-state index contributed by atoms with van der Waals surface area (Å²) in [4.78, 5) is 0. The van der Waals surface area contributed by atoms with Crippen molar-refractivity contribution in [3.05, 3.63) is 28.8 Å². The van der Waals surface area contributed by atoms with Crippen molar-refractivity contribution in [2.45, 2.75) is 56.8 Å². The highest BCUT2D eigenvalue weighted by Gasteiger charge is 2.43. The molecule has 116 valence electrons. The van der Waals surface area contributed by atoms with Crippen molar-refractivity contribution in [2.24, 2.45) is 0 Å². The lowest BCUT2D eigenvalue weighted by Crippen LogP contribution is -2.48. The highest BCUT2D eigenvalue weighted by atomic mass is 35.5. The molecular formula is C17H24ClNO2. The Labute approximate surface area is 132 Å². The third kappa shape index (κ3) is 3.20. The van der Waals surface area contributed by atoms with Crippen LogP contribution in [0.15, 0.2) is 18.2 Å². The Morgan fingerprint density at radius 1 is 1.43 bits per heavy atom. The second-order valence-corrected chi connectivity index (χ2v) is 6.75. The van der Waals surface area contributed by atoms with Gasteiger partial charge in [-0.1, -0.05) is 11.6 Å². The van der Waals surface area contributed by atoms with E-state index in [1.807, 2.05) is 25.2 Å². The minimum atomic E-state index is 0.115. The Morgan fingerprint density at radius 2 is 2.24 bits per heavy atom. The molecule has 3 nitrogen and oxygen atoms in total. The van der Waals surface area contributed by atoms with E-state index in [9.17, 15) is 0 Å². The molecule has 2 unspecified atom stereocenters. The Kier molecular flexibility index (Phi) is 4.43. The van der Waals surface area contributed by atoms with Gasteiger partial charge in [0.25, 0.3) is 0 Å². The van der Waals surface area contributed by atoms with Crippen molar-refractivity contribution in [3.63, 3.8) is 0 Å². The molecule has 2 fully saturated rings. The van der Waals surface area contributed by atoms with E-state index in [4.69, 9.17) is 21.1 Å². The van der Waals surface area contributed by atoms with Gasteiger partial charge in [0, 0.05) is 29.5 Å². The maximum atomic E-state index is 6.32. The van der Waals surface area contributed by atoms with Crippen molar-refractivity contribution < 1.29 is 9.47 Å². The predicted octanol–water partition coefficient (Wildman–Crippen LogP) is 4.10. The molecule has 1 aromatic carbocycles. The monoisotopic (exact) mass is 309 g/mol. The molecule has 2 aliphatic rings. The van der Waals surface area contributed by atoms with Crippen LogP contribution in [-0.4, -0.2) is 25.4 Å². The molecular weight excluding hydrogens is 286 g/mol. The Hall–Kier alpha value is -0.770. The highest BCUT2D eigenvalue weighted by molar-refractivity contribution is 6.30. The zero-order chi connectivity index (χ0) is 14.9. The van der Waals surface area contributed by atoms with Crippen molar-refractivity contribution in [3.8, 4) is 5.75 Å². The Balaban J connectivity index is 1.74. The van der Waals surface area contributed by atoms with Gasteiger partial charge >= 0.3 is 0 Å². The van der Waals surface area contributed by atoms with Crippen molar-refractivity contribution in [2.75, 3.05) is 13.7 Å². The van der Waals surface area contributed by atoms with E-state index in [0.29, 0.717) is 0 Å². The van der Waals surface area contributed by atoms with Crippen LogP contribution in [0.1, 0.15) is 50.6 Å². The minimum Gasteiger partial charge on any atom is -0.490 e. The van der Waals surface area contributed by atoms with Crippen LogP contribution in [0.25, 0.3) is 0 Å². The van der Waals surface area contributed by atoms with Gasteiger partial charge < -0.3 is 14.8 Å². The number of ether oxygens (including phenoxy) is 2. The number of hydrogen-bond donors (Lipinski definition) is 1. The topological polar surface area (TPSA) is 30.5 Å². The molecule has 1 aromatic rings. The van der Waals surface area contributed by atoms with Crippen LogP contribution in [0.4, 0.5) is 0 Å². The second kappa shape index (κ2) is 6.15. The molecule has 2 atom stereocenters. The summed E-state index contributed by atoms with van der Waals surface area (Å²) in [6, 6.07) is 6.11. The summed E-state index contributed by atoms with van der Waals surface area (Å²) in [5.74, 6) is 0.947. The van der Waals surface area contributed by atoms with Crippen LogP contribution >= 0.6 is 11.6 Å². The summed E-state index contributed by atoms with van der Waals surface area (Å²) in [6.45, 7) is 2.94. The van der Waals surface area contributed by atoms with E-state index in [-0.39, 0.29) is 17.7 Å². The molecule has 1 aliphatic heterocycles. The third-order valence-corrected chi connectivity index (χ3v) is 5.11. The molecule has 1 spiro atoms. The van der Waals surface area contributed by atoms with Gasteiger partial charge in [0.05, 0.1) is 12.2 Å². The van der Waals surface area contributed by atoms with E-state index < -0.39 is 0 Å². The SMILES string of the molecule is CNC(C)c1cc(Cl)ccc1OC1CCOC2(CCC2)C1. The largest absolute Gasteiger partial charge is 0.490 e. The van der Waals surface area contributed by atoms with Crippen LogP contribution in [0.5, 0.6) is 5.75 Å². The van der Waals surface area contributed by atoms with Gasteiger partial charge in [0.2, 0.25) is 0 Å². The number of rotatable bonds is 4. The maximum Gasteiger partial charge on any atom is 0.124 e. The number of nitrogens with one attached hydrogen (secondary N) is 1. The molecule has 1 heterocycles. The zero-order valence-corrected chi connectivity index (χ0v) is 13.6. The van der Waals surface area contributed by atoms with E-state index in [1.54, 1.807) is 0 Å². The van der Waals surface area contributed by atoms with Crippen LogP contribution in [0.2, 0.25) is 5.02 Å². The molecule has 3 rings (SSSR count). The van der Waals surface area contributed by atoms with Gasteiger partial charge in [-0.2, -0.15) is 0 Å². The van der Waals surface area contributed by atoms with E-state index >= 15 is 0 Å². The average molecular weight is 310 g/mol. The van der Waals surface area contributed by atoms with E-state index in [0.717, 1.165) is 35.8 Å². The lowest BCUT2D eigenvalue weighted by Gasteiger charge is -2.47. The van der Waals surface area contributed by atoms with Gasteiger partial charge in [0.15, 0.2) is 0 Å². The van der Waals surface area contributed by atoms with Gasteiger partial charge in [0.1, 0.15) is 11.9 Å². The number of halogens is 1. The molecule has 0 bridgehead atoms. The zero-order valence-electron chi connectivity index (χ0n) is 12.8. The number of benzene rings is 1. The van der Waals surface area contributed by atoms with Gasteiger partial charge in [-0.25, -0.2) is 0 Å². The summed E-state index contributed by atoms with van der Waals surface area (Å²) in [7, 11) is 1.95. The third-order valence-electron chi connectivity index (χ3n) is 4.88. The molecule has 1 N–H and O–H groups in total. The molecule has 21 heavy (non-hydrogen) atoms. The highest BCUT2D eigenvalue weighted by Crippen LogP contribution is 2.43. The minimum absolute atomic E-state index is 0.115. The Bertz CT molecular complexity index is 502. The van der Waals surface area contributed by atoms with E-state index in [1.165, 1.54) is 19.3 Å². The van der Waals surface area contributed by atoms with Crippen molar-refractivity contribution >= 4 is 11.6 Å². The first kappa shape index (κ1) is 15.1. The van der Waals surface area contributed by atoms with Crippen LogP contribution in [-0.2, 0) is 4.74 Å². The fourth-order valence-electron chi connectivity index (χ4n) is 3.30. The van der Waals surface area contributed by atoms with E-state index in [2.05, 4.69) is 12.2 Å². The second-order valence-electron chi connectivity index (χ2n) is 6.31. The fraction of sp³-hybridized carbons (Fsp3) is 0.647. The first-order chi connectivity index (χ1) is 10.1. The van der Waals surface area contributed by atoms with Crippen LogP contribution < -0.4 is 10.1 Å². The first-order valence-electron chi connectivity index (χ1n) is 7.89. The van der Waals surface area contributed by atoms with Gasteiger partial charge in [-0.15, -0.1) is 0 Å². The van der Waals surface area contributed by atoms with Crippen molar-refractivity contribution in [1.82, 2.24) is 5.32 Å². The number of hydrogen-bond acceptors (Lipinski definition) is 3. The molecule has 0 amide bonds. The summed E-state index contributed by atoms with van der Waals surface area (Å²) >= 11 is 6.13. The lowest BCUT2D eigenvalue weighted by molar-refractivity contribution is -0.153. The van der Waals surface area contributed by atoms with Crippen LogP contribution in [0, 0.1) is 0 Å². The normalized spacial score (nSPS) is 25.4. The van der Waals surface area contributed by atoms with Crippen LogP contribution in [0.3, 0.4) is 0 Å². The molecule has 1 saturated carbocycles. The van der Waals surface area contributed by atoms with Gasteiger partial charge in [-0.05, 0) is 51.4 Å². The predicted molar refractivity (Wildman–Crippen MR) is 85.1 cm³/mol. The first-order valence-corrected chi connectivity index (χ1v) is 8.27. The molecule has 0 aromatic heterocycles. The lowest BCUT2D eigenvalue weighted by atomic mass is 9.74. The van der Waals surface area contributed by atoms with Gasteiger partial charge in [-0.3, -0.25) is 0 Å². The molecule has 1 aliphatic carbocycles. The van der Waals surface area contributed by atoms with Crippen molar-refractivity contribution in [1.29, 1.82) is 0 Å². The standard InChI is InChI=1S/C17H24ClNO2/c1-12(19-2)15-10-13(18)4-5-16(15)21-14-6-9-20-17(11-14)7-3-8-17/h4-5,10,12,14,19H,3,6-9,11H2,1-2H3. The summed E-state index contributed by atoms with van der Waals surface area (Å²) in [5.41, 5.74) is 1.24. The molecule has 1 saturated heterocycles. The molecule has 4 heteroatoms. The quantitative estimate of drug-likeness (QED) is 0.908. The summed E-state index contributed by atoms with van der Waals surface area (Å²) < 4.78 is 12.3. The average Bonchev–Trinajstić information content (AvgIpc) is 2.47. The molecule has 0 radical (unpaired) electrons. The Morgan fingerprint density at radius 3 is 2.90 bits per heavy atom. The summed E-state index contributed by atoms with van der Waals surface area (Å²) in [6.07, 6.45) is 5.90. The maximum absolute atomic E-state index is 6.32.